The molecule has 0 bridgehead atoms. The summed E-state index contributed by atoms with van der Waals surface area (Å²) in [5.74, 6) is -3.04. The first-order chi connectivity index (χ1) is 7.02. The standard InChI is InChI=1S/C9H8O5S/c10-8(11)5-15(14)7-4-2-1-3-6(7)9(12)13/h1-4H,5H2,(H,10,11)(H,12,13)/t15-/m1/s1. The minimum Gasteiger partial charge on any atom is -0.481 e. The summed E-state index contributed by atoms with van der Waals surface area (Å²) < 4.78 is 11.4. The zero-order valence-corrected chi connectivity index (χ0v) is 8.36. The molecule has 2 N–H and O–H groups in total. The molecule has 0 heterocycles. The van der Waals surface area contributed by atoms with Crippen LogP contribution in [0.25, 0.3) is 0 Å². The van der Waals surface area contributed by atoms with Crippen LogP contribution in [0.5, 0.6) is 0 Å². The van der Waals surface area contributed by atoms with Crippen molar-refractivity contribution in [3.05, 3.63) is 29.8 Å². The van der Waals surface area contributed by atoms with E-state index in [4.69, 9.17) is 10.2 Å². The summed E-state index contributed by atoms with van der Waals surface area (Å²) in [5, 5.41) is 17.2. The highest BCUT2D eigenvalue weighted by atomic mass is 32.2. The Balaban J connectivity index is 3.08. The van der Waals surface area contributed by atoms with E-state index in [0.29, 0.717) is 0 Å². The molecule has 0 fully saturated rings. The predicted molar refractivity (Wildman–Crippen MR) is 52.3 cm³/mol. The van der Waals surface area contributed by atoms with E-state index in [-0.39, 0.29) is 10.5 Å². The van der Waals surface area contributed by atoms with Crippen molar-refractivity contribution in [3.63, 3.8) is 0 Å². The van der Waals surface area contributed by atoms with Crippen LogP contribution in [0.15, 0.2) is 29.2 Å². The lowest BCUT2D eigenvalue weighted by Gasteiger charge is -2.03. The van der Waals surface area contributed by atoms with E-state index in [1.165, 1.54) is 24.3 Å². The highest BCUT2D eigenvalue weighted by Crippen LogP contribution is 2.13. The maximum atomic E-state index is 11.4. The Morgan fingerprint density at radius 2 is 1.80 bits per heavy atom. The summed E-state index contributed by atoms with van der Waals surface area (Å²) in [4.78, 5) is 21.1. The molecule has 0 spiro atoms. The van der Waals surface area contributed by atoms with Gasteiger partial charge in [0.25, 0.3) is 0 Å². The quantitative estimate of drug-likeness (QED) is 0.786. The number of aliphatic carboxylic acids is 1. The first-order valence-electron chi connectivity index (χ1n) is 3.95. The van der Waals surface area contributed by atoms with Crippen LogP contribution in [0, 0.1) is 0 Å². The van der Waals surface area contributed by atoms with Crippen LogP contribution in [0.2, 0.25) is 0 Å². The van der Waals surface area contributed by atoms with Gasteiger partial charge >= 0.3 is 11.9 Å². The van der Waals surface area contributed by atoms with Gasteiger partial charge in [-0.05, 0) is 12.1 Å². The average Bonchev–Trinajstić information content (AvgIpc) is 2.16. The highest BCUT2D eigenvalue weighted by molar-refractivity contribution is 7.85. The van der Waals surface area contributed by atoms with Crippen LogP contribution >= 0.6 is 0 Å². The molecule has 0 unspecified atom stereocenters. The fourth-order valence-electron chi connectivity index (χ4n) is 1.03. The fraction of sp³-hybridized carbons (Fsp3) is 0.111. The molecule has 1 aromatic carbocycles. The Morgan fingerprint density at radius 1 is 1.20 bits per heavy atom. The smallest absolute Gasteiger partial charge is 0.336 e. The zero-order chi connectivity index (χ0) is 11.4. The second-order valence-corrected chi connectivity index (χ2v) is 4.10. The lowest BCUT2D eigenvalue weighted by atomic mass is 10.2. The molecule has 0 aliphatic heterocycles. The molecule has 1 atom stereocenters. The first kappa shape index (κ1) is 11.4. The van der Waals surface area contributed by atoms with Crippen LogP contribution in [0.1, 0.15) is 10.4 Å². The van der Waals surface area contributed by atoms with Gasteiger partial charge in [-0.25, -0.2) is 4.79 Å². The van der Waals surface area contributed by atoms with Gasteiger partial charge in [0.1, 0.15) is 5.75 Å². The molecule has 0 aliphatic rings. The van der Waals surface area contributed by atoms with E-state index in [1.807, 2.05) is 0 Å². The number of aromatic carboxylic acids is 1. The topological polar surface area (TPSA) is 91.7 Å². The van der Waals surface area contributed by atoms with Crippen LogP contribution < -0.4 is 0 Å². The van der Waals surface area contributed by atoms with Crippen molar-refractivity contribution in [2.45, 2.75) is 4.90 Å². The van der Waals surface area contributed by atoms with Crippen LogP contribution in [0.4, 0.5) is 0 Å². The second-order valence-electron chi connectivity index (χ2n) is 2.68. The summed E-state index contributed by atoms with van der Waals surface area (Å²) in [6.45, 7) is 0. The van der Waals surface area contributed by atoms with Crippen molar-refractivity contribution < 1.29 is 24.0 Å². The molecule has 0 aliphatic carbocycles. The van der Waals surface area contributed by atoms with Gasteiger partial charge < -0.3 is 10.2 Å². The number of carbonyl (C=O) groups is 2. The third-order valence-corrected chi connectivity index (χ3v) is 2.97. The van der Waals surface area contributed by atoms with Crippen molar-refractivity contribution in [1.82, 2.24) is 0 Å². The number of benzene rings is 1. The van der Waals surface area contributed by atoms with E-state index < -0.39 is 28.5 Å². The molecule has 0 aromatic heterocycles. The normalized spacial score (nSPS) is 12.0. The summed E-state index contributed by atoms with van der Waals surface area (Å²) in [6, 6.07) is 5.65. The van der Waals surface area contributed by atoms with Gasteiger partial charge in [-0.3, -0.25) is 9.00 Å². The summed E-state index contributed by atoms with van der Waals surface area (Å²) in [5.41, 5.74) is -0.128. The largest absolute Gasteiger partial charge is 0.481 e. The number of hydrogen-bond acceptors (Lipinski definition) is 3. The lowest BCUT2D eigenvalue weighted by molar-refractivity contribution is -0.133. The number of carboxylic acids is 2. The minimum atomic E-state index is -1.83. The van der Waals surface area contributed by atoms with Crippen molar-refractivity contribution >= 4 is 22.7 Å². The Hall–Kier alpha value is -1.69. The van der Waals surface area contributed by atoms with Crippen molar-refractivity contribution in [2.24, 2.45) is 0 Å². The third-order valence-electron chi connectivity index (χ3n) is 1.62. The first-order valence-corrected chi connectivity index (χ1v) is 5.26. The Kier molecular flexibility index (Phi) is 3.56. The SMILES string of the molecule is O=C(O)C[S@@](=O)c1ccccc1C(=O)O. The van der Waals surface area contributed by atoms with Gasteiger partial charge in [0.2, 0.25) is 0 Å². The van der Waals surface area contributed by atoms with Gasteiger partial charge in [-0.15, -0.1) is 0 Å². The molecule has 6 heteroatoms. The predicted octanol–water partition coefficient (Wildman–Crippen LogP) is 0.577. The van der Waals surface area contributed by atoms with Gasteiger partial charge in [-0.2, -0.15) is 0 Å². The minimum absolute atomic E-state index is 0.0346. The summed E-state index contributed by atoms with van der Waals surface area (Å²) >= 11 is 0. The lowest BCUT2D eigenvalue weighted by Crippen LogP contribution is -2.12. The van der Waals surface area contributed by atoms with Crippen LogP contribution in [-0.4, -0.2) is 32.1 Å². The zero-order valence-electron chi connectivity index (χ0n) is 7.54. The molecule has 1 rings (SSSR count). The van der Waals surface area contributed by atoms with Crippen LogP contribution in [-0.2, 0) is 15.6 Å². The van der Waals surface area contributed by atoms with Crippen molar-refractivity contribution in [2.75, 3.05) is 5.75 Å². The number of hydrogen-bond donors (Lipinski definition) is 2. The highest BCUT2D eigenvalue weighted by Gasteiger charge is 2.16. The maximum Gasteiger partial charge on any atom is 0.336 e. The van der Waals surface area contributed by atoms with E-state index in [1.54, 1.807) is 0 Å². The van der Waals surface area contributed by atoms with Gasteiger partial charge in [0.05, 0.1) is 21.3 Å². The third kappa shape index (κ3) is 2.88. The average molecular weight is 228 g/mol. The number of rotatable bonds is 4. The fourth-order valence-corrected chi connectivity index (χ4v) is 2.04. The van der Waals surface area contributed by atoms with Gasteiger partial charge in [-0.1, -0.05) is 12.1 Å². The van der Waals surface area contributed by atoms with Crippen molar-refractivity contribution in [1.29, 1.82) is 0 Å². The molecule has 0 radical (unpaired) electrons. The summed E-state index contributed by atoms with van der Waals surface area (Å²) in [7, 11) is -1.83. The Labute approximate surface area is 87.8 Å². The maximum absolute atomic E-state index is 11.4. The molecular formula is C9H8O5S. The van der Waals surface area contributed by atoms with Crippen molar-refractivity contribution in [3.8, 4) is 0 Å². The molecule has 15 heavy (non-hydrogen) atoms. The summed E-state index contributed by atoms with van der Waals surface area (Å²) in [6.07, 6.45) is 0. The van der Waals surface area contributed by atoms with Gasteiger partial charge in [0, 0.05) is 0 Å². The van der Waals surface area contributed by atoms with Crippen LogP contribution in [0.3, 0.4) is 0 Å². The Morgan fingerprint density at radius 3 is 2.33 bits per heavy atom. The molecule has 5 nitrogen and oxygen atoms in total. The van der Waals surface area contributed by atoms with E-state index in [9.17, 15) is 13.8 Å². The monoisotopic (exact) mass is 228 g/mol. The van der Waals surface area contributed by atoms with E-state index >= 15 is 0 Å². The molecule has 0 amide bonds. The molecule has 80 valence electrons. The molecule has 1 aromatic rings. The Bertz CT molecular complexity index is 426. The second kappa shape index (κ2) is 4.70. The molecular weight excluding hydrogens is 220 g/mol. The van der Waals surface area contributed by atoms with E-state index in [2.05, 4.69) is 0 Å². The molecule has 0 saturated carbocycles. The van der Waals surface area contributed by atoms with E-state index in [0.717, 1.165) is 0 Å². The van der Waals surface area contributed by atoms with Gasteiger partial charge in [0.15, 0.2) is 0 Å². The molecule has 0 saturated heterocycles. The number of carboxylic acid groups (broad SMARTS) is 2.